The summed E-state index contributed by atoms with van der Waals surface area (Å²) in [6.45, 7) is 1.82. The van der Waals surface area contributed by atoms with E-state index in [-0.39, 0.29) is 11.6 Å². The van der Waals surface area contributed by atoms with Gasteiger partial charge in [0.1, 0.15) is 6.04 Å². The summed E-state index contributed by atoms with van der Waals surface area (Å²) < 4.78 is 25.0. The molecule has 1 aliphatic rings. The summed E-state index contributed by atoms with van der Waals surface area (Å²) in [4.78, 5) is 2.16. The zero-order valence-electron chi connectivity index (χ0n) is 10.9. The number of alkyl halides is 2. The molecular formula is C15H18F2N2. The average Bonchev–Trinajstić information content (AvgIpc) is 2.69. The van der Waals surface area contributed by atoms with E-state index in [2.05, 4.69) is 11.0 Å². The second-order valence-electron chi connectivity index (χ2n) is 4.95. The molecule has 102 valence electrons. The zero-order chi connectivity index (χ0) is 13.7. The lowest BCUT2D eigenvalue weighted by Gasteiger charge is -2.25. The first kappa shape index (κ1) is 14.0. The standard InChI is InChI=1S/C15H18F2N2/c16-15(17)13-7-5-12(6-8-13)14(11-18)19-9-3-1-2-4-10-19/h5-8,14-15H,1-4,9-10H2. The van der Waals surface area contributed by atoms with Crippen LogP contribution in [-0.2, 0) is 0 Å². The third kappa shape index (κ3) is 3.51. The first-order chi connectivity index (χ1) is 9.22. The molecule has 4 heteroatoms. The van der Waals surface area contributed by atoms with Crippen LogP contribution in [0, 0.1) is 11.3 Å². The summed E-state index contributed by atoms with van der Waals surface area (Å²) in [6.07, 6.45) is 2.17. The molecule has 1 fully saturated rings. The minimum atomic E-state index is -2.45. The number of nitriles is 1. The van der Waals surface area contributed by atoms with Crippen molar-refractivity contribution in [2.75, 3.05) is 13.1 Å². The molecule has 0 spiro atoms. The minimum absolute atomic E-state index is 0.0105. The molecule has 1 unspecified atom stereocenters. The summed E-state index contributed by atoms with van der Waals surface area (Å²) >= 11 is 0. The highest BCUT2D eigenvalue weighted by molar-refractivity contribution is 5.29. The first-order valence-corrected chi connectivity index (χ1v) is 6.74. The fourth-order valence-corrected chi connectivity index (χ4v) is 2.54. The van der Waals surface area contributed by atoms with Gasteiger partial charge in [-0.3, -0.25) is 4.90 Å². The fraction of sp³-hybridized carbons (Fsp3) is 0.533. The van der Waals surface area contributed by atoms with E-state index in [4.69, 9.17) is 0 Å². The Labute approximate surface area is 112 Å². The van der Waals surface area contributed by atoms with Gasteiger partial charge in [-0.1, -0.05) is 37.1 Å². The van der Waals surface area contributed by atoms with Crippen molar-refractivity contribution in [1.82, 2.24) is 4.90 Å². The van der Waals surface area contributed by atoms with Crippen LogP contribution < -0.4 is 0 Å². The predicted octanol–water partition coefficient (Wildman–Crippen LogP) is 4.06. The normalized spacial score (nSPS) is 18.8. The molecular weight excluding hydrogens is 246 g/mol. The Morgan fingerprint density at radius 3 is 1.95 bits per heavy atom. The molecule has 0 aromatic heterocycles. The third-order valence-electron chi connectivity index (χ3n) is 3.63. The van der Waals surface area contributed by atoms with Gasteiger partial charge in [-0.05, 0) is 31.5 Å². The van der Waals surface area contributed by atoms with Gasteiger partial charge in [0.25, 0.3) is 6.43 Å². The van der Waals surface area contributed by atoms with Crippen molar-refractivity contribution in [3.63, 3.8) is 0 Å². The minimum Gasteiger partial charge on any atom is -0.284 e. The number of halogens is 2. The smallest absolute Gasteiger partial charge is 0.263 e. The van der Waals surface area contributed by atoms with E-state index >= 15 is 0 Å². The monoisotopic (exact) mass is 264 g/mol. The summed E-state index contributed by atoms with van der Waals surface area (Å²) in [7, 11) is 0. The molecule has 2 rings (SSSR count). The molecule has 1 atom stereocenters. The van der Waals surface area contributed by atoms with Crippen LogP contribution in [0.4, 0.5) is 8.78 Å². The van der Waals surface area contributed by atoms with Crippen molar-refractivity contribution >= 4 is 0 Å². The van der Waals surface area contributed by atoms with Gasteiger partial charge in [0, 0.05) is 5.56 Å². The topological polar surface area (TPSA) is 27.0 Å². The molecule has 0 amide bonds. The molecule has 1 aromatic carbocycles. The van der Waals surface area contributed by atoms with E-state index in [0.717, 1.165) is 31.5 Å². The lowest BCUT2D eigenvalue weighted by atomic mass is 10.0. The molecule has 1 aliphatic heterocycles. The second-order valence-corrected chi connectivity index (χ2v) is 4.95. The summed E-state index contributed by atoms with van der Waals surface area (Å²) in [6, 6.07) is 8.13. The van der Waals surface area contributed by atoms with E-state index in [1.54, 1.807) is 12.1 Å². The highest BCUT2D eigenvalue weighted by Gasteiger charge is 2.21. The first-order valence-electron chi connectivity index (χ1n) is 6.74. The summed E-state index contributed by atoms with van der Waals surface area (Å²) in [5.74, 6) is 0. The Bertz CT molecular complexity index is 428. The van der Waals surface area contributed by atoms with Crippen LogP contribution in [0.2, 0.25) is 0 Å². The van der Waals surface area contributed by atoms with Crippen LogP contribution in [0.3, 0.4) is 0 Å². The number of benzene rings is 1. The van der Waals surface area contributed by atoms with Crippen LogP contribution >= 0.6 is 0 Å². The molecule has 0 bridgehead atoms. The van der Waals surface area contributed by atoms with Gasteiger partial charge in [0.2, 0.25) is 0 Å². The van der Waals surface area contributed by atoms with Crippen LogP contribution in [-0.4, -0.2) is 18.0 Å². The molecule has 1 heterocycles. The van der Waals surface area contributed by atoms with Crippen LogP contribution in [0.5, 0.6) is 0 Å². The number of nitrogens with zero attached hydrogens (tertiary/aromatic N) is 2. The Morgan fingerprint density at radius 2 is 1.47 bits per heavy atom. The molecule has 0 saturated carbocycles. The van der Waals surface area contributed by atoms with Crippen molar-refractivity contribution in [1.29, 1.82) is 5.26 Å². The molecule has 1 aromatic rings. The number of hydrogen-bond acceptors (Lipinski definition) is 2. The lowest BCUT2D eigenvalue weighted by molar-refractivity contribution is 0.151. The van der Waals surface area contributed by atoms with Gasteiger partial charge in [-0.2, -0.15) is 5.26 Å². The Morgan fingerprint density at radius 1 is 0.947 bits per heavy atom. The third-order valence-corrected chi connectivity index (χ3v) is 3.63. The summed E-state index contributed by atoms with van der Waals surface area (Å²) in [5, 5.41) is 9.36. The SMILES string of the molecule is N#CC(c1ccc(C(F)F)cc1)N1CCCCCC1. The molecule has 19 heavy (non-hydrogen) atoms. The summed E-state index contributed by atoms with van der Waals surface area (Å²) in [5.41, 5.74) is 0.824. The van der Waals surface area contributed by atoms with Crippen molar-refractivity contribution in [3.8, 4) is 6.07 Å². The highest BCUT2D eigenvalue weighted by atomic mass is 19.3. The van der Waals surface area contributed by atoms with Gasteiger partial charge in [0.05, 0.1) is 6.07 Å². The maximum Gasteiger partial charge on any atom is 0.263 e. The lowest BCUT2D eigenvalue weighted by Crippen LogP contribution is -2.28. The molecule has 0 aliphatic carbocycles. The van der Waals surface area contributed by atoms with E-state index in [0.29, 0.717) is 0 Å². The number of hydrogen-bond donors (Lipinski definition) is 0. The fourth-order valence-electron chi connectivity index (χ4n) is 2.54. The second kappa shape index (κ2) is 6.63. The van der Waals surface area contributed by atoms with Gasteiger partial charge in [0.15, 0.2) is 0 Å². The average molecular weight is 264 g/mol. The Hall–Kier alpha value is -1.47. The van der Waals surface area contributed by atoms with Crippen LogP contribution in [0.15, 0.2) is 24.3 Å². The molecule has 0 radical (unpaired) electrons. The van der Waals surface area contributed by atoms with Crippen LogP contribution in [0.25, 0.3) is 0 Å². The Balaban J connectivity index is 2.14. The van der Waals surface area contributed by atoms with Crippen molar-refractivity contribution < 1.29 is 8.78 Å². The Kier molecular flexibility index (Phi) is 4.86. The van der Waals surface area contributed by atoms with E-state index in [1.165, 1.54) is 25.0 Å². The zero-order valence-corrected chi connectivity index (χ0v) is 10.9. The van der Waals surface area contributed by atoms with Crippen LogP contribution in [0.1, 0.15) is 49.3 Å². The maximum atomic E-state index is 12.5. The van der Waals surface area contributed by atoms with Crippen molar-refractivity contribution in [2.24, 2.45) is 0 Å². The maximum absolute atomic E-state index is 12.5. The predicted molar refractivity (Wildman–Crippen MR) is 69.8 cm³/mol. The van der Waals surface area contributed by atoms with E-state index < -0.39 is 6.43 Å². The van der Waals surface area contributed by atoms with Gasteiger partial charge in [-0.15, -0.1) is 0 Å². The van der Waals surface area contributed by atoms with E-state index in [9.17, 15) is 14.0 Å². The number of likely N-dealkylation sites (tertiary alicyclic amines) is 1. The quantitative estimate of drug-likeness (QED) is 0.823. The molecule has 1 saturated heterocycles. The van der Waals surface area contributed by atoms with Crippen molar-refractivity contribution in [2.45, 2.75) is 38.2 Å². The van der Waals surface area contributed by atoms with Gasteiger partial charge >= 0.3 is 0 Å². The largest absolute Gasteiger partial charge is 0.284 e. The number of rotatable bonds is 3. The molecule has 2 nitrogen and oxygen atoms in total. The molecule has 0 N–H and O–H groups in total. The highest BCUT2D eigenvalue weighted by Crippen LogP contribution is 2.26. The van der Waals surface area contributed by atoms with Crippen molar-refractivity contribution in [3.05, 3.63) is 35.4 Å². The van der Waals surface area contributed by atoms with E-state index in [1.807, 2.05) is 0 Å². The van der Waals surface area contributed by atoms with Gasteiger partial charge in [-0.25, -0.2) is 8.78 Å². The van der Waals surface area contributed by atoms with Gasteiger partial charge < -0.3 is 0 Å².